The molecule has 0 bridgehead atoms. The van der Waals surface area contributed by atoms with Crippen molar-refractivity contribution in [2.45, 2.75) is 0 Å². The van der Waals surface area contributed by atoms with Crippen LogP contribution in [-0.2, 0) is 4.79 Å². The molecule has 0 saturated heterocycles. The molecule has 3 rings (SSSR count). The fourth-order valence-corrected chi connectivity index (χ4v) is 2.41. The summed E-state index contributed by atoms with van der Waals surface area (Å²) in [6.45, 7) is 0. The summed E-state index contributed by atoms with van der Waals surface area (Å²) < 4.78 is 0. The first kappa shape index (κ1) is 16.4. The van der Waals surface area contributed by atoms with Gasteiger partial charge in [0.2, 0.25) is 5.91 Å². The first-order chi connectivity index (χ1) is 12.2. The molecule has 0 spiro atoms. The second kappa shape index (κ2) is 7.88. The normalized spacial score (nSPS) is 10.6. The lowest BCUT2D eigenvalue weighted by molar-refractivity contribution is -0.111. The lowest BCUT2D eigenvalue weighted by atomic mass is 10.0. The van der Waals surface area contributed by atoms with Crippen LogP contribution in [0.4, 0.5) is 5.69 Å². The molecular weight excluding hydrogens is 310 g/mol. The van der Waals surface area contributed by atoms with Crippen molar-refractivity contribution in [3.05, 3.63) is 108 Å². The van der Waals surface area contributed by atoms with E-state index in [-0.39, 0.29) is 11.7 Å². The average Bonchev–Trinajstić information content (AvgIpc) is 2.67. The Morgan fingerprint density at radius 2 is 1.36 bits per heavy atom. The molecule has 0 aromatic heterocycles. The van der Waals surface area contributed by atoms with E-state index in [9.17, 15) is 9.59 Å². The maximum Gasteiger partial charge on any atom is 0.248 e. The van der Waals surface area contributed by atoms with Gasteiger partial charge in [0, 0.05) is 22.9 Å². The minimum Gasteiger partial charge on any atom is -0.322 e. The molecule has 3 heteroatoms. The summed E-state index contributed by atoms with van der Waals surface area (Å²) in [4.78, 5) is 24.5. The molecule has 0 aliphatic rings. The fraction of sp³-hybridized carbons (Fsp3) is 0. The zero-order valence-corrected chi connectivity index (χ0v) is 13.6. The average molecular weight is 327 g/mol. The van der Waals surface area contributed by atoms with E-state index in [0.717, 1.165) is 5.56 Å². The number of rotatable bonds is 5. The Morgan fingerprint density at radius 1 is 0.720 bits per heavy atom. The minimum atomic E-state index is -0.242. The second-order valence-electron chi connectivity index (χ2n) is 5.51. The van der Waals surface area contributed by atoms with Gasteiger partial charge in [-0.2, -0.15) is 0 Å². The molecule has 1 amide bonds. The molecule has 0 fully saturated rings. The summed E-state index contributed by atoms with van der Waals surface area (Å²) in [5.41, 5.74) is 2.70. The molecule has 3 nitrogen and oxygen atoms in total. The summed E-state index contributed by atoms with van der Waals surface area (Å²) in [7, 11) is 0. The van der Waals surface area contributed by atoms with E-state index in [2.05, 4.69) is 5.32 Å². The van der Waals surface area contributed by atoms with Gasteiger partial charge in [-0.3, -0.25) is 9.59 Å². The van der Waals surface area contributed by atoms with E-state index in [4.69, 9.17) is 0 Å². The van der Waals surface area contributed by atoms with Crippen LogP contribution < -0.4 is 5.32 Å². The highest BCUT2D eigenvalue weighted by Crippen LogP contribution is 2.15. The number of carbonyl (C=O) groups excluding carboxylic acids is 2. The third kappa shape index (κ3) is 4.52. The monoisotopic (exact) mass is 327 g/mol. The van der Waals surface area contributed by atoms with Crippen molar-refractivity contribution in [2.24, 2.45) is 0 Å². The molecule has 0 saturated carbocycles. The topological polar surface area (TPSA) is 46.2 Å². The zero-order chi connectivity index (χ0) is 17.5. The van der Waals surface area contributed by atoms with Crippen molar-refractivity contribution in [2.75, 3.05) is 5.32 Å². The largest absolute Gasteiger partial charge is 0.322 e. The van der Waals surface area contributed by atoms with Gasteiger partial charge in [0.25, 0.3) is 0 Å². The minimum absolute atomic E-state index is 0.0727. The molecule has 3 aromatic rings. The number of anilines is 1. The third-order valence-corrected chi connectivity index (χ3v) is 3.66. The molecule has 0 unspecified atom stereocenters. The van der Waals surface area contributed by atoms with E-state index >= 15 is 0 Å². The second-order valence-corrected chi connectivity index (χ2v) is 5.51. The van der Waals surface area contributed by atoms with Gasteiger partial charge in [-0.05, 0) is 23.8 Å². The van der Waals surface area contributed by atoms with Gasteiger partial charge in [-0.25, -0.2) is 0 Å². The van der Waals surface area contributed by atoms with Gasteiger partial charge in [0.1, 0.15) is 0 Å². The van der Waals surface area contributed by atoms with Crippen molar-refractivity contribution >= 4 is 23.5 Å². The van der Waals surface area contributed by atoms with Crippen LogP contribution in [0.15, 0.2) is 91.0 Å². The van der Waals surface area contributed by atoms with E-state index in [1.807, 2.05) is 48.5 Å². The Labute approximate surface area is 146 Å². The smallest absolute Gasteiger partial charge is 0.248 e. The van der Waals surface area contributed by atoms with Gasteiger partial charge in [0.05, 0.1) is 0 Å². The van der Waals surface area contributed by atoms with Crippen molar-refractivity contribution in [1.29, 1.82) is 0 Å². The highest BCUT2D eigenvalue weighted by atomic mass is 16.1. The van der Waals surface area contributed by atoms with E-state index in [1.54, 1.807) is 42.5 Å². The number of nitrogens with one attached hydrogen (secondary N) is 1. The maximum atomic E-state index is 12.5. The Morgan fingerprint density at radius 3 is 2.08 bits per heavy atom. The summed E-state index contributed by atoms with van der Waals surface area (Å²) in [5.74, 6) is -0.315. The summed E-state index contributed by atoms with van der Waals surface area (Å²) in [6.07, 6.45) is 3.22. The molecule has 25 heavy (non-hydrogen) atoms. The van der Waals surface area contributed by atoms with E-state index in [1.165, 1.54) is 6.08 Å². The third-order valence-electron chi connectivity index (χ3n) is 3.66. The molecule has 1 N–H and O–H groups in total. The van der Waals surface area contributed by atoms with E-state index < -0.39 is 0 Å². The number of carbonyl (C=O) groups is 2. The summed E-state index contributed by atoms with van der Waals surface area (Å²) >= 11 is 0. The molecule has 0 aliphatic carbocycles. The predicted molar refractivity (Wildman–Crippen MR) is 100 cm³/mol. The quantitative estimate of drug-likeness (QED) is 0.551. The highest BCUT2D eigenvalue weighted by molar-refractivity contribution is 6.10. The standard InChI is InChI=1S/C22H17NO2/c24-21(15-14-17-8-3-1-4-9-17)23-20-13-7-12-19(16-20)22(25)18-10-5-2-6-11-18/h1-16H,(H,23,24)/b15-14+. The first-order valence-electron chi connectivity index (χ1n) is 7.96. The summed E-state index contributed by atoms with van der Waals surface area (Å²) in [6, 6.07) is 25.6. The van der Waals surface area contributed by atoms with Gasteiger partial charge in [0.15, 0.2) is 5.78 Å². The van der Waals surface area contributed by atoms with Crippen LogP contribution in [0.25, 0.3) is 6.08 Å². The lowest BCUT2D eigenvalue weighted by Gasteiger charge is -2.05. The Balaban J connectivity index is 1.70. The van der Waals surface area contributed by atoms with Crippen molar-refractivity contribution in [3.8, 4) is 0 Å². The fourth-order valence-electron chi connectivity index (χ4n) is 2.41. The van der Waals surface area contributed by atoms with Gasteiger partial charge >= 0.3 is 0 Å². The number of hydrogen-bond donors (Lipinski definition) is 1. The highest BCUT2D eigenvalue weighted by Gasteiger charge is 2.09. The van der Waals surface area contributed by atoms with Gasteiger partial charge in [-0.1, -0.05) is 72.8 Å². The van der Waals surface area contributed by atoms with Crippen molar-refractivity contribution in [3.63, 3.8) is 0 Å². The van der Waals surface area contributed by atoms with Crippen LogP contribution in [0.2, 0.25) is 0 Å². The number of hydrogen-bond acceptors (Lipinski definition) is 2. The van der Waals surface area contributed by atoms with Crippen LogP contribution in [0.5, 0.6) is 0 Å². The zero-order valence-electron chi connectivity index (χ0n) is 13.6. The van der Waals surface area contributed by atoms with Gasteiger partial charge < -0.3 is 5.32 Å². The molecule has 3 aromatic carbocycles. The van der Waals surface area contributed by atoms with Crippen LogP contribution in [0.3, 0.4) is 0 Å². The molecule has 0 aliphatic heterocycles. The number of amides is 1. The lowest BCUT2D eigenvalue weighted by Crippen LogP contribution is -2.09. The molecule has 122 valence electrons. The first-order valence-corrected chi connectivity index (χ1v) is 7.96. The number of ketones is 1. The van der Waals surface area contributed by atoms with Crippen LogP contribution in [0, 0.1) is 0 Å². The number of benzene rings is 3. The van der Waals surface area contributed by atoms with Crippen molar-refractivity contribution in [1.82, 2.24) is 0 Å². The molecule has 0 radical (unpaired) electrons. The van der Waals surface area contributed by atoms with Crippen LogP contribution in [-0.4, -0.2) is 11.7 Å². The molecule has 0 atom stereocenters. The Hall–Kier alpha value is -3.46. The van der Waals surface area contributed by atoms with Crippen LogP contribution in [0.1, 0.15) is 21.5 Å². The predicted octanol–water partition coefficient (Wildman–Crippen LogP) is 4.57. The maximum absolute atomic E-state index is 12.5. The SMILES string of the molecule is O=C(/C=C/c1ccccc1)Nc1cccc(C(=O)c2ccccc2)c1. The van der Waals surface area contributed by atoms with Crippen molar-refractivity contribution < 1.29 is 9.59 Å². The Kier molecular flexibility index (Phi) is 5.17. The Bertz CT molecular complexity index is 900. The summed E-state index contributed by atoms with van der Waals surface area (Å²) in [5, 5.41) is 2.78. The van der Waals surface area contributed by atoms with Gasteiger partial charge in [-0.15, -0.1) is 0 Å². The molecule has 0 heterocycles. The molecular formula is C22H17NO2. The van der Waals surface area contributed by atoms with Crippen LogP contribution >= 0.6 is 0 Å². The van der Waals surface area contributed by atoms with E-state index in [0.29, 0.717) is 16.8 Å².